The van der Waals surface area contributed by atoms with Gasteiger partial charge < -0.3 is 10.1 Å². The molecule has 0 saturated heterocycles. The number of fused-ring (bicyclic) bond motifs is 2. The largest absolute Gasteiger partial charge is 0.449 e. The third-order valence-corrected chi connectivity index (χ3v) is 5.00. The van der Waals surface area contributed by atoms with Crippen LogP contribution in [0.4, 0.5) is 0 Å². The van der Waals surface area contributed by atoms with Crippen LogP contribution in [0.5, 0.6) is 0 Å². The second-order valence-corrected chi connectivity index (χ2v) is 7.22. The second-order valence-electron chi connectivity index (χ2n) is 7.22. The molecule has 28 heavy (non-hydrogen) atoms. The van der Waals surface area contributed by atoms with Crippen molar-refractivity contribution in [1.29, 1.82) is 0 Å². The molecule has 0 radical (unpaired) electrons. The van der Waals surface area contributed by atoms with Gasteiger partial charge in [0.1, 0.15) is 5.82 Å². The zero-order valence-electron chi connectivity index (χ0n) is 16.5. The molecule has 2 aromatic rings. The minimum Gasteiger partial charge on any atom is -0.449 e. The Morgan fingerprint density at radius 1 is 1.25 bits per heavy atom. The molecule has 2 heterocycles. The van der Waals surface area contributed by atoms with Gasteiger partial charge in [-0.1, -0.05) is 19.8 Å². The predicted octanol–water partition coefficient (Wildman–Crippen LogP) is 2.58. The summed E-state index contributed by atoms with van der Waals surface area (Å²) in [6, 6.07) is 4.75. The summed E-state index contributed by atoms with van der Waals surface area (Å²) in [4.78, 5) is 41.8. The Morgan fingerprint density at radius 2 is 2.04 bits per heavy atom. The van der Waals surface area contributed by atoms with Crippen LogP contribution in [-0.2, 0) is 22.5 Å². The zero-order valence-corrected chi connectivity index (χ0v) is 16.5. The zero-order chi connectivity index (χ0) is 20.1. The lowest BCUT2D eigenvalue weighted by atomic mass is 10.1. The van der Waals surface area contributed by atoms with Crippen LogP contribution >= 0.6 is 0 Å². The van der Waals surface area contributed by atoms with Gasteiger partial charge in [0.15, 0.2) is 6.10 Å². The van der Waals surface area contributed by atoms with E-state index in [0.717, 1.165) is 44.3 Å². The van der Waals surface area contributed by atoms with Crippen molar-refractivity contribution >= 4 is 22.8 Å². The fraction of sp³-hybridized carbons (Fsp3) is 0.524. The third kappa shape index (κ3) is 4.40. The molecule has 1 atom stereocenters. The molecular formula is C21H27N3O4. The molecule has 0 unspecified atom stereocenters. The Bertz CT molecular complexity index is 935. The van der Waals surface area contributed by atoms with Crippen LogP contribution < -0.4 is 10.9 Å². The second kappa shape index (κ2) is 8.99. The summed E-state index contributed by atoms with van der Waals surface area (Å²) in [6.45, 7) is 4.71. The minimum absolute atomic E-state index is 0.0610. The third-order valence-electron chi connectivity index (χ3n) is 5.00. The van der Waals surface area contributed by atoms with E-state index in [4.69, 9.17) is 4.74 Å². The molecule has 1 aromatic heterocycles. The number of aryl methyl sites for hydroxylation is 1. The van der Waals surface area contributed by atoms with Gasteiger partial charge >= 0.3 is 5.97 Å². The average Bonchev–Trinajstić information content (AvgIpc) is 2.67. The lowest BCUT2D eigenvalue weighted by Gasteiger charge is -2.16. The number of hydrogen-bond donors (Lipinski definition) is 1. The van der Waals surface area contributed by atoms with Gasteiger partial charge in [-0.25, -0.2) is 9.78 Å². The number of esters is 1. The minimum atomic E-state index is -0.885. The topological polar surface area (TPSA) is 90.3 Å². The summed E-state index contributed by atoms with van der Waals surface area (Å²) in [6.07, 6.45) is 4.92. The summed E-state index contributed by atoms with van der Waals surface area (Å²) >= 11 is 0. The molecule has 1 aliphatic rings. The number of rotatable bonds is 5. The SMILES string of the molecule is CCCNC(=O)[C@@H](C)OC(=O)c1ccc2c(=O)n3c(nc2c1)CCCCCC3. The maximum absolute atomic E-state index is 12.8. The van der Waals surface area contributed by atoms with Crippen LogP contribution in [0.25, 0.3) is 10.9 Å². The fourth-order valence-corrected chi connectivity index (χ4v) is 3.40. The van der Waals surface area contributed by atoms with Crippen LogP contribution in [0.1, 0.15) is 62.1 Å². The van der Waals surface area contributed by atoms with Gasteiger partial charge in [-0.3, -0.25) is 14.2 Å². The molecule has 1 N–H and O–H groups in total. The van der Waals surface area contributed by atoms with Crippen LogP contribution in [0, 0.1) is 0 Å². The number of benzene rings is 1. The average molecular weight is 385 g/mol. The Labute approximate surface area is 164 Å². The highest BCUT2D eigenvalue weighted by Crippen LogP contribution is 2.17. The van der Waals surface area contributed by atoms with Crippen LogP contribution in [0.15, 0.2) is 23.0 Å². The van der Waals surface area contributed by atoms with Crippen molar-refractivity contribution in [2.75, 3.05) is 6.54 Å². The molecule has 7 heteroatoms. The van der Waals surface area contributed by atoms with Gasteiger partial charge in [-0.15, -0.1) is 0 Å². The van der Waals surface area contributed by atoms with Crippen molar-refractivity contribution in [3.05, 3.63) is 39.9 Å². The fourth-order valence-electron chi connectivity index (χ4n) is 3.40. The molecule has 1 aromatic carbocycles. The first-order valence-electron chi connectivity index (χ1n) is 10.0. The number of aromatic nitrogens is 2. The van der Waals surface area contributed by atoms with E-state index in [0.29, 0.717) is 24.0 Å². The Morgan fingerprint density at radius 3 is 2.82 bits per heavy atom. The number of hydrogen-bond acceptors (Lipinski definition) is 5. The van der Waals surface area contributed by atoms with E-state index in [-0.39, 0.29) is 17.0 Å². The van der Waals surface area contributed by atoms with Crippen molar-refractivity contribution in [2.45, 2.75) is 65.0 Å². The highest BCUT2D eigenvalue weighted by atomic mass is 16.5. The number of nitrogens with one attached hydrogen (secondary N) is 1. The molecule has 0 spiro atoms. The molecule has 3 rings (SSSR count). The molecule has 0 aliphatic carbocycles. The van der Waals surface area contributed by atoms with Gasteiger partial charge in [0.25, 0.3) is 11.5 Å². The summed E-state index contributed by atoms with van der Waals surface area (Å²) < 4.78 is 7.03. The van der Waals surface area contributed by atoms with E-state index >= 15 is 0 Å². The summed E-state index contributed by atoms with van der Waals surface area (Å²) in [5, 5.41) is 3.19. The maximum Gasteiger partial charge on any atom is 0.338 e. The highest BCUT2D eigenvalue weighted by molar-refractivity contribution is 5.95. The standard InChI is InChI=1S/C21H27N3O4/c1-3-11-22-19(25)14(2)28-21(27)15-9-10-16-17(13-15)23-18-8-6-4-5-7-12-24(18)20(16)26/h9-10,13-14H,3-8,11-12H2,1-2H3,(H,22,25)/t14-/m1/s1. The van der Waals surface area contributed by atoms with Crippen molar-refractivity contribution < 1.29 is 14.3 Å². The number of carbonyl (C=O) groups excluding carboxylic acids is 2. The van der Waals surface area contributed by atoms with E-state index in [2.05, 4.69) is 10.3 Å². The number of nitrogens with zero attached hydrogens (tertiary/aromatic N) is 2. The van der Waals surface area contributed by atoms with Crippen molar-refractivity contribution in [1.82, 2.24) is 14.9 Å². The van der Waals surface area contributed by atoms with E-state index in [9.17, 15) is 14.4 Å². The first kappa shape index (κ1) is 20.0. The summed E-state index contributed by atoms with van der Waals surface area (Å²) in [5.41, 5.74) is 0.717. The molecule has 0 bridgehead atoms. The van der Waals surface area contributed by atoms with Crippen molar-refractivity contribution in [3.8, 4) is 0 Å². The number of amides is 1. The summed E-state index contributed by atoms with van der Waals surface area (Å²) in [7, 11) is 0. The first-order valence-corrected chi connectivity index (χ1v) is 10.0. The lowest BCUT2D eigenvalue weighted by molar-refractivity contribution is -0.129. The summed E-state index contributed by atoms with van der Waals surface area (Å²) in [5.74, 6) is -0.154. The highest BCUT2D eigenvalue weighted by Gasteiger charge is 2.20. The van der Waals surface area contributed by atoms with E-state index < -0.39 is 12.1 Å². The van der Waals surface area contributed by atoms with E-state index in [1.807, 2.05) is 6.92 Å². The maximum atomic E-state index is 12.8. The number of ether oxygens (including phenoxy) is 1. The van der Waals surface area contributed by atoms with Gasteiger partial charge in [0, 0.05) is 19.5 Å². The van der Waals surface area contributed by atoms with E-state index in [1.54, 1.807) is 22.8 Å². The van der Waals surface area contributed by atoms with Gasteiger partial charge in [-0.05, 0) is 44.4 Å². The van der Waals surface area contributed by atoms with E-state index in [1.165, 1.54) is 6.92 Å². The molecule has 150 valence electrons. The Hall–Kier alpha value is -2.70. The molecule has 0 saturated carbocycles. The number of carbonyl (C=O) groups is 2. The van der Waals surface area contributed by atoms with Gasteiger partial charge in [0.2, 0.25) is 0 Å². The Kier molecular flexibility index (Phi) is 6.44. The first-order chi connectivity index (χ1) is 13.5. The van der Waals surface area contributed by atoms with Gasteiger partial charge in [0.05, 0.1) is 16.5 Å². The molecular weight excluding hydrogens is 358 g/mol. The molecule has 1 amide bonds. The molecule has 7 nitrogen and oxygen atoms in total. The normalized spacial score (nSPS) is 15.2. The molecule has 0 fully saturated rings. The molecule has 1 aliphatic heterocycles. The van der Waals surface area contributed by atoms with Crippen molar-refractivity contribution in [2.24, 2.45) is 0 Å². The monoisotopic (exact) mass is 385 g/mol. The Balaban J connectivity index is 1.85. The van der Waals surface area contributed by atoms with Crippen LogP contribution in [-0.4, -0.2) is 34.1 Å². The van der Waals surface area contributed by atoms with Crippen LogP contribution in [0.3, 0.4) is 0 Å². The van der Waals surface area contributed by atoms with Crippen molar-refractivity contribution in [3.63, 3.8) is 0 Å². The van der Waals surface area contributed by atoms with Crippen LogP contribution in [0.2, 0.25) is 0 Å². The quantitative estimate of drug-likeness (QED) is 0.799. The lowest BCUT2D eigenvalue weighted by Crippen LogP contribution is -2.36. The smallest absolute Gasteiger partial charge is 0.338 e. The predicted molar refractivity (Wildman–Crippen MR) is 106 cm³/mol. The van der Waals surface area contributed by atoms with Gasteiger partial charge in [-0.2, -0.15) is 0 Å².